The Balaban J connectivity index is 1.75. The molecule has 1 aromatic heterocycles. The molecular weight excluding hydrogens is 256 g/mol. The van der Waals surface area contributed by atoms with Gasteiger partial charge in [-0.3, -0.25) is 0 Å². The number of phenolic OH excluding ortho intramolecular Hbond substituents is 1. The van der Waals surface area contributed by atoms with Gasteiger partial charge in [-0.15, -0.1) is 0 Å². The molecule has 2 heterocycles. The normalized spacial score (nSPS) is 22.9. The van der Waals surface area contributed by atoms with Crippen LogP contribution in [-0.2, 0) is 4.74 Å². The fourth-order valence-corrected chi connectivity index (χ4v) is 2.39. The fourth-order valence-electron chi connectivity index (χ4n) is 2.39. The first-order valence-corrected chi connectivity index (χ1v) is 6.79. The van der Waals surface area contributed by atoms with Crippen molar-refractivity contribution in [3.63, 3.8) is 0 Å². The van der Waals surface area contributed by atoms with Gasteiger partial charge in [-0.05, 0) is 30.5 Å². The zero-order valence-corrected chi connectivity index (χ0v) is 11.4. The number of pyridine rings is 1. The lowest BCUT2D eigenvalue weighted by Gasteiger charge is -2.28. The molecule has 0 spiro atoms. The molecule has 2 atom stereocenters. The molecule has 1 fully saturated rings. The zero-order chi connectivity index (χ0) is 13.9. The van der Waals surface area contributed by atoms with Gasteiger partial charge in [0.2, 0.25) is 5.88 Å². The Labute approximate surface area is 117 Å². The molecule has 0 saturated carbocycles. The Bertz CT molecular complexity index is 603. The minimum atomic E-state index is 0.0214. The van der Waals surface area contributed by atoms with E-state index in [1.165, 1.54) is 0 Å². The molecule has 0 aliphatic carbocycles. The standard InChI is InChI=1S/C15H18N2O3/c1-10-7-16-8-13(20-10)9-19-15-14-6-12(18)3-2-11(14)4-5-17-15/h2-6,10,13,16,18H,7-9H2,1H3. The molecule has 0 bridgehead atoms. The zero-order valence-electron chi connectivity index (χ0n) is 11.4. The lowest BCUT2D eigenvalue weighted by atomic mass is 10.1. The molecular formula is C15H18N2O3. The van der Waals surface area contributed by atoms with Crippen LogP contribution in [0.5, 0.6) is 11.6 Å². The Morgan fingerprint density at radius 1 is 1.40 bits per heavy atom. The second-order valence-electron chi connectivity index (χ2n) is 5.06. The van der Waals surface area contributed by atoms with Gasteiger partial charge in [0, 0.05) is 24.7 Å². The van der Waals surface area contributed by atoms with Crippen molar-refractivity contribution in [2.24, 2.45) is 0 Å². The van der Waals surface area contributed by atoms with Crippen molar-refractivity contribution in [1.29, 1.82) is 0 Å². The Morgan fingerprint density at radius 3 is 3.15 bits per heavy atom. The summed E-state index contributed by atoms with van der Waals surface area (Å²) < 4.78 is 11.6. The van der Waals surface area contributed by atoms with Gasteiger partial charge in [0.25, 0.3) is 0 Å². The molecule has 5 nitrogen and oxygen atoms in total. The average molecular weight is 274 g/mol. The van der Waals surface area contributed by atoms with E-state index in [-0.39, 0.29) is 18.0 Å². The van der Waals surface area contributed by atoms with Crippen LogP contribution in [-0.4, -0.2) is 42.0 Å². The van der Waals surface area contributed by atoms with Gasteiger partial charge < -0.3 is 19.9 Å². The molecule has 1 aliphatic heterocycles. The number of aromatic hydroxyl groups is 1. The van der Waals surface area contributed by atoms with E-state index in [0.29, 0.717) is 12.5 Å². The highest BCUT2D eigenvalue weighted by Crippen LogP contribution is 2.26. The first-order valence-electron chi connectivity index (χ1n) is 6.79. The van der Waals surface area contributed by atoms with E-state index in [2.05, 4.69) is 10.3 Å². The molecule has 2 unspecified atom stereocenters. The molecule has 2 N–H and O–H groups in total. The van der Waals surface area contributed by atoms with E-state index in [1.807, 2.05) is 19.1 Å². The Hall–Kier alpha value is -1.85. The summed E-state index contributed by atoms with van der Waals surface area (Å²) in [6.07, 6.45) is 1.92. The van der Waals surface area contributed by atoms with Gasteiger partial charge in [-0.25, -0.2) is 4.98 Å². The van der Waals surface area contributed by atoms with Crippen LogP contribution in [0.1, 0.15) is 6.92 Å². The van der Waals surface area contributed by atoms with Gasteiger partial charge in [0.15, 0.2) is 0 Å². The highest BCUT2D eigenvalue weighted by atomic mass is 16.5. The van der Waals surface area contributed by atoms with E-state index in [4.69, 9.17) is 9.47 Å². The van der Waals surface area contributed by atoms with E-state index in [9.17, 15) is 5.11 Å². The third-order valence-corrected chi connectivity index (χ3v) is 3.35. The highest BCUT2D eigenvalue weighted by molar-refractivity contribution is 5.87. The largest absolute Gasteiger partial charge is 0.508 e. The molecule has 2 aromatic rings. The Morgan fingerprint density at radius 2 is 2.30 bits per heavy atom. The smallest absolute Gasteiger partial charge is 0.221 e. The SMILES string of the molecule is CC1CNCC(COc2nccc3ccc(O)cc23)O1. The van der Waals surface area contributed by atoms with Crippen LogP contribution >= 0.6 is 0 Å². The third kappa shape index (κ3) is 2.84. The summed E-state index contributed by atoms with van der Waals surface area (Å²) in [4.78, 5) is 4.24. The van der Waals surface area contributed by atoms with Crippen molar-refractivity contribution in [3.05, 3.63) is 30.5 Å². The van der Waals surface area contributed by atoms with Crippen molar-refractivity contribution >= 4 is 10.8 Å². The summed E-state index contributed by atoms with van der Waals surface area (Å²) in [5.74, 6) is 0.736. The van der Waals surface area contributed by atoms with Gasteiger partial charge in [0.05, 0.1) is 6.10 Å². The summed E-state index contributed by atoms with van der Waals surface area (Å²) >= 11 is 0. The molecule has 1 saturated heterocycles. The molecule has 1 aromatic carbocycles. The van der Waals surface area contributed by atoms with E-state index in [1.54, 1.807) is 18.3 Å². The van der Waals surface area contributed by atoms with Crippen LogP contribution in [0.4, 0.5) is 0 Å². The molecule has 20 heavy (non-hydrogen) atoms. The maximum absolute atomic E-state index is 9.59. The number of nitrogens with one attached hydrogen (secondary N) is 1. The van der Waals surface area contributed by atoms with E-state index >= 15 is 0 Å². The number of hydrogen-bond acceptors (Lipinski definition) is 5. The van der Waals surface area contributed by atoms with E-state index < -0.39 is 0 Å². The summed E-state index contributed by atoms with van der Waals surface area (Å²) in [5.41, 5.74) is 0. The molecule has 0 amide bonds. The van der Waals surface area contributed by atoms with Crippen molar-refractivity contribution in [3.8, 4) is 11.6 Å². The maximum Gasteiger partial charge on any atom is 0.221 e. The number of benzene rings is 1. The third-order valence-electron chi connectivity index (χ3n) is 3.35. The summed E-state index contributed by atoms with van der Waals surface area (Å²) in [6.45, 7) is 4.13. The molecule has 106 valence electrons. The van der Waals surface area contributed by atoms with Crippen molar-refractivity contribution in [2.45, 2.75) is 19.1 Å². The highest BCUT2D eigenvalue weighted by Gasteiger charge is 2.19. The van der Waals surface area contributed by atoms with Crippen molar-refractivity contribution < 1.29 is 14.6 Å². The molecule has 1 aliphatic rings. The topological polar surface area (TPSA) is 63.6 Å². The van der Waals surface area contributed by atoms with Gasteiger partial charge >= 0.3 is 0 Å². The molecule has 0 radical (unpaired) electrons. The lowest BCUT2D eigenvalue weighted by Crippen LogP contribution is -2.45. The number of aromatic nitrogens is 1. The van der Waals surface area contributed by atoms with Crippen molar-refractivity contribution in [1.82, 2.24) is 10.3 Å². The van der Waals surface area contributed by atoms with Crippen molar-refractivity contribution in [2.75, 3.05) is 19.7 Å². The number of rotatable bonds is 3. The number of morpholine rings is 1. The fraction of sp³-hybridized carbons (Fsp3) is 0.400. The second-order valence-corrected chi connectivity index (χ2v) is 5.06. The van der Waals surface area contributed by atoms with Gasteiger partial charge in [0.1, 0.15) is 18.5 Å². The predicted molar refractivity (Wildman–Crippen MR) is 76.1 cm³/mol. The number of hydrogen-bond donors (Lipinski definition) is 2. The minimum absolute atomic E-state index is 0.0214. The maximum atomic E-state index is 9.59. The molecule has 5 heteroatoms. The number of nitrogens with zero attached hydrogens (tertiary/aromatic N) is 1. The summed E-state index contributed by atoms with van der Waals surface area (Å²) in [7, 11) is 0. The number of ether oxygens (including phenoxy) is 2. The second kappa shape index (κ2) is 5.64. The quantitative estimate of drug-likeness (QED) is 0.892. The summed E-state index contributed by atoms with van der Waals surface area (Å²) in [6, 6.07) is 7.06. The first kappa shape index (κ1) is 13.1. The van der Waals surface area contributed by atoms with Crippen LogP contribution in [0.15, 0.2) is 30.5 Å². The monoisotopic (exact) mass is 274 g/mol. The van der Waals surface area contributed by atoms with Crippen LogP contribution in [0.25, 0.3) is 10.8 Å². The minimum Gasteiger partial charge on any atom is -0.508 e. The first-order chi connectivity index (χ1) is 9.72. The number of fused-ring (bicyclic) bond motifs is 1. The lowest BCUT2D eigenvalue weighted by molar-refractivity contribution is -0.0474. The molecule has 3 rings (SSSR count). The Kier molecular flexibility index (Phi) is 3.71. The van der Waals surface area contributed by atoms with Crippen LogP contribution < -0.4 is 10.1 Å². The average Bonchev–Trinajstić information content (AvgIpc) is 2.45. The summed E-state index contributed by atoms with van der Waals surface area (Å²) in [5, 5.41) is 14.7. The van der Waals surface area contributed by atoms with Gasteiger partial charge in [-0.2, -0.15) is 0 Å². The van der Waals surface area contributed by atoms with Crippen LogP contribution in [0.3, 0.4) is 0 Å². The van der Waals surface area contributed by atoms with Crippen LogP contribution in [0, 0.1) is 0 Å². The predicted octanol–water partition coefficient (Wildman–Crippen LogP) is 1.70. The van der Waals surface area contributed by atoms with Crippen LogP contribution in [0.2, 0.25) is 0 Å². The van der Waals surface area contributed by atoms with E-state index in [0.717, 1.165) is 23.9 Å². The van der Waals surface area contributed by atoms with Gasteiger partial charge in [-0.1, -0.05) is 6.07 Å². The number of phenols is 1.